The van der Waals surface area contributed by atoms with Gasteiger partial charge in [-0.3, -0.25) is 4.98 Å². The van der Waals surface area contributed by atoms with Gasteiger partial charge in [0.1, 0.15) is 12.1 Å². The van der Waals surface area contributed by atoms with Gasteiger partial charge in [-0.05, 0) is 6.42 Å². The molecule has 0 amide bonds. The summed E-state index contributed by atoms with van der Waals surface area (Å²) in [6.45, 7) is 0. The summed E-state index contributed by atoms with van der Waals surface area (Å²) < 4.78 is 0. The Bertz CT molecular complexity index is 713. The number of benzene rings is 1. The Kier molecular flexibility index (Phi) is 3.29. The minimum Gasteiger partial charge on any atom is -0.251 e. The zero-order valence-electron chi connectivity index (χ0n) is 10.6. The summed E-state index contributed by atoms with van der Waals surface area (Å²) in [5.74, 6) is 0. The zero-order valence-corrected chi connectivity index (χ0v) is 10.6. The predicted molar refractivity (Wildman–Crippen MR) is 73.5 cm³/mol. The van der Waals surface area contributed by atoms with E-state index in [-0.39, 0.29) is 6.04 Å². The maximum absolute atomic E-state index is 9.00. The lowest BCUT2D eigenvalue weighted by molar-refractivity contribution is 0.655. The van der Waals surface area contributed by atoms with Gasteiger partial charge in [0.05, 0.1) is 17.6 Å². The van der Waals surface area contributed by atoms with Crippen LogP contribution in [0.2, 0.25) is 0 Å². The van der Waals surface area contributed by atoms with Crippen molar-refractivity contribution in [2.75, 3.05) is 0 Å². The molecule has 5 nitrogen and oxygen atoms in total. The molecule has 1 aromatic carbocycles. The van der Waals surface area contributed by atoms with Gasteiger partial charge < -0.3 is 0 Å². The third-order valence-corrected chi connectivity index (χ3v) is 3.01. The second kappa shape index (κ2) is 5.41. The first-order valence-electron chi connectivity index (χ1n) is 6.26. The van der Waals surface area contributed by atoms with Crippen LogP contribution in [-0.2, 0) is 0 Å². The van der Waals surface area contributed by atoms with Crippen LogP contribution < -0.4 is 0 Å². The maximum atomic E-state index is 9.00. The molecule has 1 unspecified atom stereocenters. The quantitative estimate of drug-likeness (QED) is 0.831. The summed E-state index contributed by atoms with van der Waals surface area (Å²) in [5, 5.41) is 17.1. The Balaban J connectivity index is 2.12. The minimum absolute atomic E-state index is 0.184. The van der Waals surface area contributed by atoms with Gasteiger partial charge in [0, 0.05) is 11.8 Å². The summed E-state index contributed by atoms with van der Waals surface area (Å²) >= 11 is 0. The number of nitrogens with zero attached hydrogens (tertiary/aromatic N) is 5. The van der Waals surface area contributed by atoms with E-state index in [1.165, 1.54) is 6.20 Å². The highest BCUT2D eigenvalue weighted by Crippen LogP contribution is 2.30. The standard InChI is InChI=1S/C15H11N5/c16-9-12-10-17-14(11-5-2-1-3-6-11)15(19-12)13-7-4-8-18-20-13/h1-6,8,10,13H,7H2. The van der Waals surface area contributed by atoms with Crippen molar-refractivity contribution >= 4 is 0 Å². The number of nitriles is 1. The minimum atomic E-state index is -0.184. The average molecular weight is 261 g/mol. The van der Waals surface area contributed by atoms with Crippen molar-refractivity contribution in [3.63, 3.8) is 0 Å². The van der Waals surface area contributed by atoms with Crippen LogP contribution in [-0.4, -0.2) is 9.97 Å². The molecule has 0 bridgehead atoms. The van der Waals surface area contributed by atoms with Gasteiger partial charge in [0.25, 0.3) is 0 Å². The molecule has 1 aliphatic rings. The van der Waals surface area contributed by atoms with Gasteiger partial charge >= 0.3 is 0 Å². The lowest BCUT2D eigenvalue weighted by Gasteiger charge is -2.14. The molecule has 0 radical (unpaired) electrons. The summed E-state index contributed by atoms with van der Waals surface area (Å²) in [4.78, 5) is 8.76. The Morgan fingerprint density at radius 3 is 2.75 bits per heavy atom. The number of hydrogen-bond acceptors (Lipinski definition) is 5. The van der Waals surface area contributed by atoms with E-state index in [9.17, 15) is 0 Å². The first kappa shape index (κ1) is 12.2. The van der Waals surface area contributed by atoms with Crippen molar-refractivity contribution in [3.05, 3.63) is 60.2 Å². The molecule has 5 heteroatoms. The number of hydrogen-bond donors (Lipinski definition) is 0. The van der Waals surface area contributed by atoms with Gasteiger partial charge in [-0.25, -0.2) is 4.98 Å². The highest BCUT2D eigenvalue weighted by Gasteiger charge is 2.20. The Labute approximate surface area is 116 Å². The van der Waals surface area contributed by atoms with Crippen molar-refractivity contribution in [1.82, 2.24) is 9.97 Å². The fourth-order valence-electron chi connectivity index (χ4n) is 2.08. The third-order valence-electron chi connectivity index (χ3n) is 3.01. The highest BCUT2D eigenvalue weighted by atomic mass is 15.1. The summed E-state index contributed by atoms with van der Waals surface area (Å²) in [5.41, 5.74) is 2.71. The summed E-state index contributed by atoms with van der Waals surface area (Å²) in [6, 6.07) is 11.6. The predicted octanol–water partition coefficient (Wildman–Crippen LogP) is 3.43. The molecule has 2 aromatic rings. The molecule has 1 aromatic heterocycles. The van der Waals surface area contributed by atoms with Gasteiger partial charge in [0.2, 0.25) is 0 Å². The molecule has 96 valence electrons. The first-order valence-corrected chi connectivity index (χ1v) is 6.26. The van der Waals surface area contributed by atoms with Crippen LogP contribution in [0.5, 0.6) is 0 Å². The van der Waals surface area contributed by atoms with Crippen molar-refractivity contribution in [3.8, 4) is 17.3 Å². The van der Waals surface area contributed by atoms with Crippen LogP contribution in [0.25, 0.3) is 11.3 Å². The monoisotopic (exact) mass is 261 g/mol. The maximum Gasteiger partial charge on any atom is 0.159 e. The average Bonchev–Trinajstić information content (AvgIpc) is 2.56. The third kappa shape index (κ3) is 2.31. The summed E-state index contributed by atoms with van der Waals surface area (Å²) in [6.07, 6.45) is 5.81. The normalized spacial score (nSPS) is 16.9. The second-order valence-corrected chi connectivity index (χ2v) is 4.33. The van der Waals surface area contributed by atoms with Crippen LogP contribution in [0.4, 0.5) is 0 Å². The van der Waals surface area contributed by atoms with Gasteiger partial charge in [-0.2, -0.15) is 15.5 Å². The van der Waals surface area contributed by atoms with Crippen molar-refractivity contribution in [2.45, 2.75) is 12.5 Å². The molecule has 2 heterocycles. The largest absolute Gasteiger partial charge is 0.251 e. The molecular formula is C15H11N5. The Hall–Kier alpha value is -2.87. The van der Waals surface area contributed by atoms with Crippen LogP contribution in [0.15, 0.2) is 59.0 Å². The van der Waals surface area contributed by atoms with Crippen molar-refractivity contribution < 1.29 is 0 Å². The van der Waals surface area contributed by atoms with E-state index in [0.717, 1.165) is 11.3 Å². The molecule has 3 rings (SSSR count). The van der Waals surface area contributed by atoms with Gasteiger partial charge in [0.15, 0.2) is 5.69 Å². The number of azo groups is 1. The van der Waals surface area contributed by atoms with E-state index in [2.05, 4.69) is 20.2 Å². The van der Waals surface area contributed by atoms with E-state index in [4.69, 9.17) is 5.26 Å². The molecule has 1 aliphatic heterocycles. The molecule has 0 saturated heterocycles. The molecule has 0 fully saturated rings. The molecule has 1 atom stereocenters. The van der Waals surface area contributed by atoms with Gasteiger partial charge in [-0.15, -0.1) is 0 Å². The number of aromatic nitrogens is 2. The topological polar surface area (TPSA) is 74.3 Å². The fourth-order valence-corrected chi connectivity index (χ4v) is 2.08. The molecular weight excluding hydrogens is 250 g/mol. The van der Waals surface area contributed by atoms with E-state index in [1.54, 1.807) is 6.20 Å². The molecule has 0 saturated carbocycles. The van der Waals surface area contributed by atoms with E-state index < -0.39 is 0 Å². The smallest absolute Gasteiger partial charge is 0.159 e. The second-order valence-electron chi connectivity index (χ2n) is 4.33. The molecule has 20 heavy (non-hydrogen) atoms. The zero-order chi connectivity index (χ0) is 13.8. The van der Waals surface area contributed by atoms with Crippen LogP contribution >= 0.6 is 0 Å². The lowest BCUT2D eigenvalue weighted by atomic mass is 10.0. The van der Waals surface area contributed by atoms with Crippen LogP contribution in [0.3, 0.4) is 0 Å². The van der Waals surface area contributed by atoms with E-state index in [1.807, 2.05) is 42.5 Å². The van der Waals surface area contributed by atoms with Crippen molar-refractivity contribution in [2.24, 2.45) is 10.2 Å². The first-order chi connectivity index (χ1) is 9.88. The molecule has 0 N–H and O–H groups in total. The fraction of sp³-hybridized carbons (Fsp3) is 0.133. The Morgan fingerprint density at radius 2 is 2.05 bits per heavy atom. The Morgan fingerprint density at radius 1 is 1.20 bits per heavy atom. The SMILES string of the molecule is N#Cc1cnc(-c2ccccc2)c(C2CC=CN=N2)n1. The highest BCUT2D eigenvalue weighted by molar-refractivity contribution is 5.62. The van der Waals surface area contributed by atoms with Crippen molar-refractivity contribution in [1.29, 1.82) is 5.26 Å². The molecule has 0 aliphatic carbocycles. The lowest BCUT2D eigenvalue weighted by Crippen LogP contribution is -2.05. The summed E-state index contributed by atoms with van der Waals surface area (Å²) in [7, 11) is 0. The molecule has 0 spiro atoms. The van der Waals surface area contributed by atoms with Crippen LogP contribution in [0, 0.1) is 11.3 Å². The van der Waals surface area contributed by atoms with E-state index in [0.29, 0.717) is 17.8 Å². The van der Waals surface area contributed by atoms with Gasteiger partial charge in [-0.1, -0.05) is 36.4 Å². The van der Waals surface area contributed by atoms with E-state index >= 15 is 0 Å². The van der Waals surface area contributed by atoms with Crippen LogP contribution in [0.1, 0.15) is 23.9 Å². The number of rotatable bonds is 2.